The zero-order valence-corrected chi connectivity index (χ0v) is 16.2. The highest BCUT2D eigenvalue weighted by Gasteiger charge is 2.20. The molecule has 0 aliphatic heterocycles. The lowest BCUT2D eigenvalue weighted by molar-refractivity contribution is -0.114. The minimum atomic E-state index is -4.17. The van der Waals surface area contributed by atoms with Crippen LogP contribution in [0, 0.1) is 5.82 Å². The number of para-hydroxylation sites is 1. The lowest BCUT2D eigenvalue weighted by Crippen LogP contribution is -2.16. The summed E-state index contributed by atoms with van der Waals surface area (Å²) in [6, 6.07) is 17.7. The molecule has 3 rings (SSSR count). The van der Waals surface area contributed by atoms with Crippen LogP contribution in [0.3, 0.4) is 0 Å². The van der Waals surface area contributed by atoms with E-state index < -0.39 is 21.7 Å². The fraction of sp³-hybridized carbons (Fsp3) is 0.0476. The molecular weight excluding hydrogens is 395 g/mol. The molecule has 0 bridgehead atoms. The van der Waals surface area contributed by atoms with E-state index in [1.54, 1.807) is 42.5 Å². The van der Waals surface area contributed by atoms with Crippen LogP contribution in [-0.2, 0) is 14.8 Å². The topological polar surface area (TPSA) is 92.3 Å². The van der Waals surface area contributed by atoms with Gasteiger partial charge in [-0.3, -0.25) is 14.3 Å². The molecule has 29 heavy (non-hydrogen) atoms. The van der Waals surface area contributed by atoms with Crippen molar-refractivity contribution >= 4 is 33.1 Å². The van der Waals surface area contributed by atoms with Crippen LogP contribution in [-0.4, -0.2) is 20.1 Å². The van der Waals surface area contributed by atoms with E-state index >= 15 is 0 Å². The molecule has 2 N–H and O–H groups in total. The Labute approximate surface area is 167 Å². The Morgan fingerprint density at radius 1 is 0.862 bits per heavy atom. The molecule has 3 aromatic carbocycles. The number of hydrogen-bond acceptors (Lipinski definition) is 4. The van der Waals surface area contributed by atoms with E-state index in [0.717, 1.165) is 18.2 Å². The first-order valence-corrected chi connectivity index (χ1v) is 10.0. The van der Waals surface area contributed by atoms with Crippen LogP contribution in [0.5, 0.6) is 0 Å². The highest BCUT2D eigenvalue weighted by atomic mass is 32.2. The van der Waals surface area contributed by atoms with Gasteiger partial charge >= 0.3 is 0 Å². The number of anilines is 2. The molecule has 0 unspecified atom stereocenters. The minimum absolute atomic E-state index is 0.0766. The molecule has 0 fully saturated rings. The summed E-state index contributed by atoms with van der Waals surface area (Å²) in [4.78, 5) is 23.5. The van der Waals surface area contributed by atoms with Crippen molar-refractivity contribution in [2.45, 2.75) is 11.8 Å². The molecule has 0 saturated heterocycles. The highest BCUT2D eigenvalue weighted by molar-refractivity contribution is 7.92. The molecule has 0 aliphatic carbocycles. The first-order valence-electron chi connectivity index (χ1n) is 8.56. The van der Waals surface area contributed by atoms with E-state index in [1.807, 2.05) is 0 Å². The monoisotopic (exact) mass is 412 g/mol. The third-order valence-electron chi connectivity index (χ3n) is 4.01. The average Bonchev–Trinajstić information content (AvgIpc) is 2.69. The number of hydrogen-bond donors (Lipinski definition) is 2. The number of nitrogens with one attached hydrogen (secondary N) is 2. The van der Waals surface area contributed by atoms with Crippen molar-refractivity contribution in [3.63, 3.8) is 0 Å². The molecule has 6 nitrogen and oxygen atoms in total. The number of ketones is 1. The van der Waals surface area contributed by atoms with Gasteiger partial charge in [0, 0.05) is 18.1 Å². The fourth-order valence-electron chi connectivity index (χ4n) is 2.67. The maximum absolute atomic E-state index is 14.1. The van der Waals surface area contributed by atoms with Gasteiger partial charge in [-0.2, -0.15) is 0 Å². The number of amides is 1. The number of halogens is 1. The summed E-state index contributed by atoms with van der Waals surface area (Å²) < 4.78 is 41.9. The number of carbonyl (C=O) groups excluding carboxylic acids is 2. The molecule has 0 heterocycles. The molecule has 0 atom stereocenters. The molecule has 1 amide bonds. The van der Waals surface area contributed by atoms with Crippen molar-refractivity contribution in [1.29, 1.82) is 0 Å². The van der Waals surface area contributed by atoms with Crippen LogP contribution < -0.4 is 10.0 Å². The molecule has 0 spiro atoms. The fourth-order valence-corrected chi connectivity index (χ4v) is 3.76. The number of sulfonamides is 1. The van der Waals surface area contributed by atoms with Crippen molar-refractivity contribution in [3.8, 4) is 0 Å². The van der Waals surface area contributed by atoms with Crippen molar-refractivity contribution in [1.82, 2.24) is 0 Å². The van der Waals surface area contributed by atoms with Gasteiger partial charge in [-0.05, 0) is 30.3 Å². The van der Waals surface area contributed by atoms with Crippen molar-refractivity contribution in [2.24, 2.45) is 0 Å². The normalized spacial score (nSPS) is 11.0. The number of carbonyl (C=O) groups is 2. The maximum atomic E-state index is 14.1. The Kier molecular flexibility index (Phi) is 5.74. The Bertz CT molecular complexity index is 1180. The summed E-state index contributed by atoms with van der Waals surface area (Å²) in [6.45, 7) is 1.21. The van der Waals surface area contributed by atoms with Crippen LogP contribution in [0.2, 0.25) is 0 Å². The SMILES string of the molecule is CC(=O)Nc1ccc(S(=O)(=O)Nc2ccccc2C(=O)c2ccccc2)cc1F. The van der Waals surface area contributed by atoms with Crippen LogP contribution in [0.15, 0.2) is 77.7 Å². The number of rotatable bonds is 6. The molecule has 3 aromatic rings. The van der Waals surface area contributed by atoms with E-state index in [1.165, 1.54) is 19.1 Å². The predicted molar refractivity (Wildman–Crippen MR) is 108 cm³/mol. The largest absolute Gasteiger partial charge is 0.324 e. The van der Waals surface area contributed by atoms with Gasteiger partial charge in [0.15, 0.2) is 5.78 Å². The first kappa shape index (κ1) is 20.2. The summed E-state index contributed by atoms with van der Waals surface area (Å²) in [5.74, 6) is -1.72. The standard InChI is InChI=1S/C21H17FN2O4S/c1-14(25)23-20-12-11-16(13-18(20)22)29(27,28)24-19-10-6-5-9-17(19)21(26)15-7-3-2-4-8-15/h2-13,24H,1H3,(H,23,25). The predicted octanol–water partition coefficient (Wildman–Crippen LogP) is 3.82. The van der Waals surface area contributed by atoms with E-state index in [2.05, 4.69) is 10.0 Å². The average molecular weight is 412 g/mol. The number of benzene rings is 3. The summed E-state index contributed by atoms with van der Waals surface area (Å²) >= 11 is 0. The molecule has 0 radical (unpaired) electrons. The lowest BCUT2D eigenvalue weighted by atomic mass is 10.0. The molecule has 0 aliphatic rings. The second-order valence-electron chi connectivity index (χ2n) is 6.17. The van der Waals surface area contributed by atoms with E-state index in [-0.39, 0.29) is 27.6 Å². The minimum Gasteiger partial charge on any atom is -0.324 e. The molecule has 148 valence electrons. The van der Waals surface area contributed by atoms with Gasteiger partial charge in [-0.1, -0.05) is 42.5 Å². The van der Waals surface area contributed by atoms with Gasteiger partial charge in [0.25, 0.3) is 10.0 Å². The lowest BCUT2D eigenvalue weighted by Gasteiger charge is -2.13. The van der Waals surface area contributed by atoms with Gasteiger partial charge in [-0.25, -0.2) is 12.8 Å². The molecule has 0 aromatic heterocycles. The first-order chi connectivity index (χ1) is 13.8. The van der Waals surface area contributed by atoms with Crippen molar-refractivity contribution in [3.05, 3.63) is 89.7 Å². The van der Waals surface area contributed by atoms with Crippen LogP contribution >= 0.6 is 0 Å². The summed E-state index contributed by atoms with van der Waals surface area (Å²) in [7, 11) is -4.17. The van der Waals surface area contributed by atoms with E-state index in [4.69, 9.17) is 0 Å². The highest BCUT2D eigenvalue weighted by Crippen LogP contribution is 2.25. The van der Waals surface area contributed by atoms with Gasteiger partial charge < -0.3 is 5.32 Å². The van der Waals surface area contributed by atoms with Gasteiger partial charge in [0.2, 0.25) is 5.91 Å². The second-order valence-corrected chi connectivity index (χ2v) is 7.85. The van der Waals surface area contributed by atoms with Crippen molar-refractivity contribution < 1.29 is 22.4 Å². The zero-order chi connectivity index (χ0) is 21.0. The van der Waals surface area contributed by atoms with Gasteiger partial charge in [0.05, 0.1) is 16.3 Å². The Morgan fingerprint density at radius 3 is 2.17 bits per heavy atom. The summed E-state index contributed by atoms with van der Waals surface area (Å²) in [5, 5.41) is 2.27. The van der Waals surface area contributed by atoms with Crippen molar-refractivity contribution in [2.75, 3.05) is 10.0 Å². The quantitative estimate of drug-likeness (QED) is 0.602. The van der Waals surface area contributed by atoms with Crippen LogP contribution in [0.1, 0.15) is 22.8 Å². The molecule has 8 heteroatoms. The molecule has 0 saturated carbocycles. The smallest absolute Gasteiger partial charge is 0.262 e. The maximum Gasteiger partial charge on any atom is 0.262 e. The third-order valence-corrected chi connectivity index (χ3v) is 5.38. The summed E-state index contributed by atoms with van der Waals surface area (Å²) in [6.07, 6.45) is 0. The molecular formula is C21H17FN2O4S. The second kappa shape index (κ2) is 8.24. The Balaban J connectivity index is 1.93. The van der Waals surface area contributed by atoms with Gasteiger partial charge in [-0.15, -0.1) is 0 Å². The summed E-state index contributed by atoms with van der Waals surface area (Å²) in [5.41, 5.74) is 0.520. The Morgan fingerprint density at radius 2 is 1.52 bits per heavy atom. The Hall–Kier alpha value is -3.52. The zero-order valence-electron chi connectivity index (χ0n) is 15.3. The van der Waals surface area contributed by atoms with Crippen LogP contribution in [0.4, 0.5) is 15.8 Å². The third kappa shape index (κ3) is 4.67. The van der Waals surface area contributed by atoms with Gasteiger partial charge in [0.1, 0.15) is 5.82 Å². The van der Waals surface area contributed by atoms with Crippen LogP contribution in [0.25, 0.3) is 0 Å². The van der Waals surface area contributed by atoms with E-state index in [0.29, 0.717) is 5.56 Å². The van der Waals surface area contributed by atoms with E-state index in [9.17, 15) is 22.4 Å².